The van der Waals surface area contributed by atoms with Gasteiger partial charge in [0.1, 0.15) is 11.9 Å². The van der Waals surface area contributed by atoms with Crippen LogP contribution in [0.1, 0.15) is 42.0 Å². The highest BCUT2D eigenvalue weighted by atomic mass is 32.2. The molecule has 0 bridgehead atoms. The maximum Gasteiger partial charge on any atom is 0.227 e. The Morgan fingerprint density at radius 2 is 2.03 bits per heavy atom. The maximum atomic E-state index is 13.5. The van der Waals surface area contributed by atoms with Crippen LogP contribution in [-0.4, -0.2) is 20.5 Å². The summed E-state index contributed by atoms with van der Waals surface area (Å²) in [5.41, 5.74) is 4.90. The van der Waals surface area contributed by atoms with Crippen molar-refractivity contribution in [3.63, 3.8) is 0 Å². The van der Waals surface area contributed by atoms with E-state index < -0.39 is 0 Å². The Kier molecular flexibility index (Phi) is 4.90. The zero-order valence-corrected chi connectivity index (χ0v) is 17.4. The van der Waals surface area contributed by atoms with Gasteiger partial charge in [-0.2, -0.15) is 4.98 Å². The number of halogens is 1. The molecule has 0 amide bonds. The molecule has 1 atom stereocenters. The first-order valence-electron chi connectivity index (χ1n) is 10.0. The Balaban J connectivity index is 1.50. The first-order valence-corrected chi connectivity index (χ1v) is 11.0. The van der Waals surface area contributed by atoms with Crippen molar-refractivity contribution in [1.82, 2.24) is 14.8 Å². The third-order valence-corrected chi connectivity index (χ3v) is 6.39. The Bertz CT molecular complexity index is 1150. The molecule has 5 nitrogen and oxygen atoms in total. The second-order valence-corrected chi connectivity index (χ2v) is 8.63. The van der Waals surface area contributed by atoms with Crippen molar-refractivity contribution in [2.45, 2.75) is 43.1 Å². The van der Waals surface area contributed by atoms with Gasteiger partial charge in [-0.3, -0.25) is 4.79 Å². The average Bonchev–Trinajstić information content (AvgIpc) is 3.14. The van der Waals surface area contributed by atoms with E-state index >= 15 is 0 Å². The van der Waals surface area contributed by atoms with Gasteiger partial charge in [-0.05, 0) is 43.0 Å². The molecule has 1 aliphatic heterocycles. The maximum absolute atomic E-state index is 13.5. The topological polar surface area (TPSA) is 59.8 Å². The van der Waals surface area contributed by atoms with Gasteiger partial charge in [0.2, 0.25) is 11.1 Å². The zero-order chi connectivity index (χ0) is 20.7. The molecule has 0 saturated carbocycles. The van der Waals surface area contributed by atoms with Crippen molar-refractivity contribution in [1.29, 1.82) is 0 Å². The SMILES string of the molecule is Cc1cccc(CSc2nc3n(n2)[C@@H](c2ccc(F)cc2)C2=C(CCCC2=O)N3)c1. The highest BCUT2D eigenvalue weighted by Crippen LogP contribution is 2.40. The number of rotatable bonds is 4. The van der Waals surface area contributed by atoms with Crippen molar-refractivity contribution >= 4 is 23.5 Å². The third-order valence-electron chi connectivity index (χ3n) is 5.48. The smallest absolute Gasteiger partial charge is 0.227 e. The molecule has 2 heterocycles. The van der Waals surface area contributed by atoms with E-state index in [1.54, 1.807) is 28.6 Å². The highest BCUT2D eigenvalue weighted by molar-refractivity contribution is 7.98. The quantitative estimate of drug-likeness (QED) is 0.599. The van der Waals surface area contributed by atoms with Gasteiger partial charge < -0.3 is 5.32 Å². The fourth-order valence-electron chi connectivity index (χ4n) is 4.10. The molecule has 0 radical (unpaired) electrons. The fourth-order valence-corrected chi connectivity index (χ4v) is 4.87. The summed E-state index contributed by atoms with van der Waals surface area (Å²) >= 11 is 1.56. The molecule has 1 aromatic heterocycles. The summed E-state index contributed by atoms with van der Waals surface area (Å²) in [5, 5.41) is 8.70. The minimum Gasteiger partial charge on any atom is -0.328 e. The minimum absolute atomic E-state index is 0.119. The molecule has 1 aliphatic carbocycles. The lowest BCUT2D eigenvalue weighted by Gasteiger charge is -2.32. The van der Waals surface area contributed by atoms with E-state index in [1.807, 2.05) is 6.07 Å². The number of carbonyl (C=O) groups excluding carboxylic acids is 1. The number of aromatic nitrogens is 3. The van der Waals surface area contributed by atoms with E-state index in [0.29, 0.717) is 17.5 Å². The van der Waals surface area contributed by atoms with Gasteiger partial charge in [0, 0.05) is 23.4 Å². The van der Waals surface area contributed by atoms with Gasteiger partial charge in [-0.15, -0.1) is 5.10 Å². The van der Waals surface area contributed by atoms with Crippen LogP contribution in [0.25, 0.3) is 0 Å². The van der Waals surface area contributed by atoms with E-state index in [4.69, 9.17) is 5.10 Å². The van der Waals surface area contributed by atoms with E-state index in [9.17, 15) is 9.18 Å². The van der Waals surface area contributed by atoms with Gasteiger partial charge in [-0.25, -0.2) is 9.07 Å². The van der Waals surface area contributed by atoms with Crippen LogP contribution in [0.2, 0.25) is 0 Å². The van der Waals surface area contributed by atoms with Crippen molar-refractivity contribution in [3.05, 3.63) is 82.3 Å². The van der Waals surface area contributed by atoms with Gasteiger partial charge in [0.05, 0.1) is 0 Å². The molecule has 30 heavy (non-hydrogen) atoms. The molecule has 3 aromatic rings. The Morgan fingerprint density at radius 3 is 2.83 bits per heavy atom. The van der Waals surface area contributed by atoms with Crippen LogP contribution >= 0.6 is 11.8 Å². The number of anilines is 1. The lowest BCUT2D eigenvalue weighted by molar-refractivity contribution is -0.116. The number of benzene rings is 2. The lowest BCUT2D eigenvalue weighted by atomic mass is 9.85. The van der Waals surface area contributed by atoms with Gasteiger partial charge >= 0.3 is 0 Å². The zero-order valence-electron chi connectivity index (χ0n) is 16.6. The number of nitrogens with one attached hydrogen (secondary N) is 1. The highest BCUT2D eigenvalue weighted by Gasteiger charge is 2.36. The largest absolute Gasteiger partial charge is 0.328 e. The summed E-state index contributed by atoms with van der Waals surface area (Å²) in [4.78, 5) is 17.5. The molecule has 7 heteroatoms. The standard InChI is InChI=1S/C23H21FN4OS/c1-14-4-2-5-15(12-14)13-30-23-26-22-25-18-6-3-7-19(29)20(18)21(28(22)27-23)16-8-10-17(24)11-9-16/h2,4-5,8-12,21H,3,6-7,13H2,1H3,(H,25,26,27)/t21-/m0/s1. The van der Waals surface area contributed by atoms with Gasteiger partial charge in [-0.1, -0.05) is 53.7 Å². The molecule has 2 aliphatic rings. The molecule has 1 N–H and O–H groups in total. The first-order chi connectivity index (χ1) is 14.6. The second-order valence-electron chi connectivity index (χ2n) is 7.69. The summed E-state index contributed by atoms with van der Waals surface area (Å²) in [6.45, 7) is 2.08. The molecule has 2 aromatic carbocycles. The number of ketones is 1. The van der Waals surface area contributed by atoms with E-state index in [2.05, 4.69) is 35.4 Å². The van der Waals surface area contributed by atoms with Crippen molar-refractivity contribution in [3.8, 4) is 0 Å². The van der Waals surface area contributed by atoms with Crippen LogP contribution in [0.15, 0.2) is 65.0 Å². The molecular formula is C23H21FN4OS. The van der Waals surface area contributed by atoms with E-state index in [-0.39, 0.29) is 17.6 Å². The minimum atomic E-state index is -0.384. The van der Waals surface area contributed by atoms with Crippen LogP contribution in [0.3, 0.4) is 0 Å². The number of hydrogen-bond donors (Lipinski definition) is 1. The summed E-state index contributed by atoms with van der Waals surface area (Å²) < 4.78 is 15.3. The molecule has 5 rings (SSSR count). The summed E-state index contributed by atoms with van der Waals surface area (Å²) in [6, 6.07) is 14.3. The summed E-state index contributed by atoms with van der Waals surface area (Å²) in [5.74, 6) is 1.21. The van der Waals surface area contributed by atoms with E-state index in [0.717, 1.165) is 35.4 Å². The van der Waals surface area contributed by atoms with Crippen molar-refractivity contribution < 1.29 is 9.18 Å². The Morgan fingerprint density at radius 1 is 1.20 bits per heavy atom. The predicted octanol–water partition coefficient (Wildman–Crippen LogP) is 5.04. The second kappa shape index (κ2) is 7.72. The number of aryl methyl sites for hydroxylation is 1. The van der Waals surface area contributed by atoms with Gasteiger partial charge in [0.25, 0.3) is 0 Å². The predicted molar refractivity (Wildman–Crippen MR) is 115 cm³/mol. The average molecular weight is 421 g/mol. The van der Waals surface area contributed by atoms with Crippen LogP contribution in [0.4, 0.5) is 10.3 Å². The summed E-state index contributed by atoms with van der Waals surface area (Å²) in [7, 11) is 0. The molecule has 0 unspecified atom stereocenters. The number of nitrogens with zero attached hydrogens (tertiary/aromatic N) is 3. The van der Waals surface area contributed by atoms with E-state index in [1.165, 1.54) is 23.3 Å². The monoisotopic (exact) mass is 420 g/mol. The van der Waals surface area contributed by atoms with Crippen LogP contribution < -0.4 is 5.32 Å². The molecule has 0 saturated heterocycles. The number of fused-ring (bicyclic) bond motifs is 1. The number of allylic oxidation sites excluding steroid dienone is 2. The molecule has 0 fully saturated rings. The normalized spacial score (nSPS) is 18.1. The number of thioether (sulfide) groups is 1. The van der Waals surface area contributed by atoms with Crippen LogP contribution in [-0.2, 0) is 10.5 Å². The Hall–Kier alpha value is -2.93. The fraction of sp³-hybridized carbons (Fsp3) is 0.261. The third kappa shape index (κ3) is 3.54. The van der Waals surface area contributed by atoms with Crippen molar-refractivity contribution in [2.24, 2.45) is 0 Å². The summed E-state index contributed by atoms with van der Waals surface area (Å²) in [6.07, 6.45) is 2.15. The number of hydrogen-bond acceptors (Lipinski definition) is 5. The number of Topliss-reactive ketones (excluding diaryl/α,β-unsaturated/α-hetero) is 1. The first kappa shape index (κ1) is 19.1. The van der Waals surface area contributed by atoms with Crippen LogP contribution in [0, 0.1) is 12.7 Å². The lowest BCUT2D eigenvalue weighted by Crippen LogP contribution is -2.31. The van der Waals surface area contributed by atoms with Crippen molar-refractivity contribution in [2.75, 3.05) is 5.32 Å². The molecular weight excluding hydrogens is 399 g/mol. The molecule has 0 spiro atoms. The molecule has 152 valence electrons. The number of carbonyl (C=O) groups is 1. The van der Waals surface area contributed by atoms with Gasteiger partial charge in [0.15, 0.2) is 5.78 Å². The Labute approximate surface area is 178 Å². The van der Waals surface area contributed by atoms with Crippen LogP contribution in [0.5, 0.6) is 0 Å².